The average molecular weight is 494 g/mol. The van der Waals surface area contributed by atoms with Crippen LogP contribution in [0, 0.1) is 20.9 Å². The van der Waals surface area contributed by atoms with Gasteiger partial charge in [-0.2, -0.15) is 0 Å². The van der Waals surface area contributed by atoms with E-state index in [1.165, 1.54) is 6.07 Å². The lowest BCUT2D eigenvalue weighted by molar-refractivity contribution is -0.386. The fourth-order valence-electron chi connectivity index (χ4n) is 4.01. The second-order valence-electron chi connectivity index (χ2n) is 8.59. The van der Waals surface area contributed by atoms with Gasteiger partial charge in [0.2, 0.25) is 5.91 Å². The topological polar surface area (TPSA) is 176 Å². The number of hydrogen-bond acceptors (Lipinski definition) is 7. The van der Waals surface area contributed by atoms with Crippen molar-refractivity contribution in [1.82, 2.24) is 4.90 Å². The van der Waals surface area contributed by atoms with Crippen molar-refractivity contribution >= 4 is 35.0 Å². The minimum absolute atomic E-state index is 0.0365. The molecular weight excluding hydrogens is 462 g/mol. The zero-order valence-corrected chi connectivity index (χ0v) is 20.1. The Morgan fingerprint density at radius 3 is 2.56 bits per heavy atom. The molecule has 0 aromatic heterocycles. The predicted octanol–water partition coefficient (Wildman–Crippen LogP) is 2.72. The van der Waals surface area contributed by atoms with Gasteiger partial charge in [-0.05, 0) is 30.7 Å². The average Bonchev–Trinajstić information content (AvgIpc) is 2.84. The number of carbonyl (C=O) groups excluding carboxylic acids is 1. The third-order valence-electron chi connectivity index (χ3n) is 5.89. The van der Waals surface area contributed by atoms with Crippen molar-refractivity contribution in [2.45, 2.75) is 25.9 Å². The van der Waals surface area contributed by atoms with Crippen LogP contribution in [0.2, 0.25) is 0 Å². The molecule has 190 valence electrons. The Labute approximate surface area is 209 Å². The van der Waals surface area contributed by atoms with Crippen molar-refractivity contribution in [3.05, 3.63) is 69.8 Å². The Morgan fingerprint density at radius 1 is 1.22 bits per heavy atom. The molecule has 3 rings (SSSR count). The van der Waals surface area contributed by atoms with Crippen molar-refractivity contribution in [1.29, 1.82) is 10.8 Å². The highest BCUT2D eigenvalue weighted by Gasteiger charge is 2.25. The van der Waals surface area contributed by atoms with E-state index in [1.54, 1.807) is 48.2 Å². The summed E-state index contributed by atoms with van der Waals surface area (Å²) in [5, 5.41) is 27.1. The lowest BCUT2D eigenvalue weighted by atomic mass is 10.1. The first-order chi connectivity index (χ1) is 17.1. The molecule has 0 aliphatic carbocycles. The first-order valence-corrected chi connectivity index (χ1v) is 11.5. The number of amides is 1. The molecule has 1 aliphatic rings. The fraction of sp³-hybridized carbons (Fsp3) is 0.320. The lowest BCUT2D eigenvalue weighted by Crippen LogP contribution is -2.40. The number of piperidine rings is 1. The maximum atomic E-state index is 11.8. The van der Waals surface area contributed by atoms with Crippen LogP contribution in [0.1, 0.15) is 30.9 Å². The van der Waals surface area contributed by atoms with Crippen LogP contribution in [-0.4, -0.2) is 59.7 Å². The number of nitro benzene ring substituents is 1. The van der Waals surface area contributed by atoms with Crippen molar-refractivity contribution < 1.29 is 14.5 Å². The van der Waals surface area contributed by atoms with Crippen LogP contribution in [0.25, 0.3) is 6.08 Å². The number of nitrogens with zero attached hydrogens (tertiary/aromatic N) is 3. The van der Waals surface area contributed by atoms with E-state index < -0.39 is 10.8 Å². The van der Waals surface area contributed by atoms with E-state index in [0.29, 0.717) is 43.0 Å². The number of nitrogen functional groups attached to an aromatic ring is 1. The summed E-state index contributed by atoms with van der Waals surface area (Å²) in [5.74, 6) is 0.0622. The van der Waals surface area contributed by atoms with Gasteiger partial charge < -0.3 is 26.0 Å². The number of ether oxygens (including phenoxy) is 1. The van der Waals surface area contributed by atoms with Crippen molar-refractivity contribution in [3.63, 3.8) is 0 Å². The molecule has 36 heavy (non-hydrogen) atoms. The molecule has 0 unspecified atom stereocenters. The summed E-state index contributed by atoms with van der Waals surface area (Å²) in [6.45, 7) is 3.21. The Kier molecular flexibility index (Phi) is 8.61. The quantitative estimate of drug-likeness (QED) is 0.170. The highest BCUT2D eigenvalue weighted by atomic mass is 16.6. The molecule has 1 aliphatic heterocycles. The number of rotatable bonds is 10. The second-order valence-corrected chi connectivity index (χ2v) is 8.59. The Bertz CT molecular complexity index is 1170. The maximum Gasteiger partial charge on any atom is 0.312 e. The van der Waals surface area contributed by atoms with Gasteiger partial charge in [-0.3, -0.25) is 25.7 Å². The molecule has 2 aromatic carbocycles. The number of nitrogens with one attached hydrogen (secondary N) is 2. The van der Waals surface area contributed by atoms with Crippen molar-refractivity contribution in [2.24, 2.45) is 11.5 Å². The largest absolute Gasteiger partial charge is 0.483 e. The first-order valence-electron chi connectivity index (χ1n) is 11.5. The number of amidine groups is 2. The number of likely N-dealkylation sites (tertiary alicyclic amines) is 1. The van der Waals surface area contributed by atoms with E-state index >= 15 is 0 Å². The van der Waals surface area contributed by atoms with Gasteiger partial charge in [0.15, 0.2) is 5.75 Å². The van der Waals surface area contributed by atoms with Crippen LogP contribution in [0.3, 0.4) is 0 Å². The molecular formula is C25H31N7O4. The van der Waals surface area contributed by atoms with E-state index in [-0.39, 0.29) is 36.5 Å². The van der Waals surface area contributed by atoms with Gasteiger partial charge in [-0.15, -0.1) is 0 Å². The number of primary amides is 1. The smallest absolute Gasteiger partial charge is 0.312 e. The first kappa shape index (κ1) is 26.2. The van der Waals surface area contributed by atoms with E-state index in [9.17, 15) is 14.9 Å². The highest BCUT2D eigenvalue weighted by Crippen LogP contribution is 2.33. The molecule has 1 fully saturated rings. The zero-order valence-electron chi connectivity index (χ0n) is 20.1. The summed E-state index contributed by atoms with van der Waals surface area (Å²) >= 11 is 0. The molecule has 0 radical (unpaired) electrons. The van der Waals surface area contributed by atoms with Gasteiger partial charge in [-0.25, -0.2) is 0 Å². The number of anilines is 1. The van der Waals surface area contributed by atoms with Crippen LogP contribution in [0.15, 0.2) is 48.5 Å². The lowest BCUT2D eigenvalue weighted by Gasteiger charge is -2.32. The van der Waals surface area contributed by atoms with Crippen LogP contribution >= 0.6 is 0 Å². The molecule has 0 spiro atoms. The molecule has 2 aromatic rings. The van der Waals surface area contributed by atoms with Gasteiger partial charge in [0.1, 0.15) is 11.9 Å². The second kappa shape index (κ2) is 11.8. The summed E-state index contributed by atoms with van der Waals surface area (Å²) in [6, 6.07) is 11.8. The standard InChI is InChI=1S/C25H31N7O4/c1-17(26)30-12-9-21(10-13-30)36-23-8-7-20(15-22(23)32(34)35)31(16-24(27)33)11-3-5-18-4-2-6-19(14-18)25(28)29/h2-8,14-15,21,26H,9-13,16H2,1H3,(H2,27,33)(H3,28,29). The molecule has 0 atom stereocenters. The van der Waals surface area contributed by atoms with Crippen LogP contribution in [0.5, 0.6) is 5.75 Å². The summed E-state index contributed by atoms with van der Waals surface area (Å²) in [4.78, 5) is 26.6. The summed E-state index contributed by atoms with van der Waals surface area (Å²) in [7, 11) is 0. The number of benzene rings is 2. The molecule has 1 amide bonds. The predicted molar refractivity (Wildman–Crippen MR) is 140 cm³/mol. The minimum Gasteiger partial charge on any atom is -0.483 e. The number of carbonyl (C=O) groups is 1. The molecule has 1 heterocycles. The Balaban J connectivity index is 1.77. The van der Waals surface area contributed by atoms with E-state index in [4.69, 9.17) is 27.0 Å². The number of nitrogens with two attached hydrogens (primary N) is 2. The summed E-state index contributed by atoms with van der Waals surface area (Å²) in [5.41, 5.74) is 12.7. The monoisotopic (exact) mass is 493 g/mol. The van der Waals surface area contributed by atoms with Crippen molar-refractivity contribution in [2.75, 3.05) is 31.1 Å². The van der Waals surface area contributed by atoms with Gasteiger partial charge in [0.25, 0.3) is 0 Å². The van der Waals surface area contributed by atoms with Gasteiger partial charge in [0, 0.05) is 49.8 Å². The highest BCUT2D eigenvalue weighted by molar-refractivity contribution is 5.95. The number of nitro groups is 1. The molecule has 0 bridgehead atoms. The van der Waals surface area contributed by atoms with Gasteiger partial charge in [-0.1, -0.05) is 30.4 Å². The summed E-state index contributed by atoms with van der Waals surface area (Å²) < 4.78 is 5.97. The molecule has 11 heteroatoms. The van der Waals surface area contributed by atoms with E-state index in [1.807, 2.05) is 17.0 Å². The molecule has 11 nitrogen and oxygen atoms in total. The van der Waals surface area contributed by atoms with Crippen molar-refractivity contribution in [3.8, 4) is 5.75 Å². The zero-order chi connectivity index (χ0) is 26.2. The maximum absolute atomic E-state index is 11.8. The molecule has 6 N–H and O–H groups in total. The fourth-order valence-corrected chi connectivity index (χ4v) is 4.01. The SMILES string of the molecule is CC(=N)N1CCC(Oc2ccc(N(CC=Cc3cccc(C(=N)N)c3)CC(N)=O)cc2[N+](=O)[O-])CC1. The number of hydrogen-bond donors (Lipinski definition) is 4. The van der Waals surface area contributed by atoms with E-state index in [2.05, 4.69) is 0 Å². The van der Waals surface area contributed by atoms with Gasteiger partial charge in [0.05, 0.1) is 17.3 Å². The third kappa shape index (κ3) is 7.05. The summed E-state index contributed by atoms with van der Waals surface area (Å²) in [6.07, 6.45) is 4.77. The Hall–Kier alpha value is -4.41. The molecule has 0 saturated carbocycles. The third-order valence-corrected chi connectivity index (χ3v) is 5.89. The van der Waals surface area contributed by atoms with E-state index in [0.717, 1.165) is 5.56 Å². The molecule has 1 saturated heterocycles. The van der Waals surface area contributed by atoms with Crippen LogP contribution < -0.4 is 21.1 Å². The van der Waals surface area contributed by atoms with Crippen LogP contribution in [-0.2, 0) is 4.79 Å². The van der Waals surface area contributed by atoms with Crippen LogP contribution in [0.4, 0.5) is 11.4 Å². The minimum atomic E-state index is -0.571. The normalized spacial score (nSPS) is 14.0. The Morgan fingerprint density at radius 2 is 1.94 bits per heavy atom. The van der Waals surface area contributed by atoms with Gasteiger partial charge >= 0.3 is 5.69 Å².